The lowest BCUT2D eigenvalue weighted by atomic mass is 10.0. The first-order chi connectivity index (χ1) is 10.2. The van der Waals surface area contributed by atoms with Crippen molar-refractivity contribution in [2.45, 2.75) is 50.5 Å². The summed E-state index contributed by atoms with van der Waals surface area (Å²) in [5.74, 6) is 4.56. The first-order valence-corrected chi connectivity index (χ1v) is 8.23. The zero-order chi connectivity index (χ0) is 14.1. The molecule has 0 amide bonds. The molecule has 0 aliphatic heterocycles. The molecule has 2 bridgehead atoms. The van der Waals surface area contributed by atoms with Gasteiger partial charge in [-0.15, -0.1) is 5.10 Å². The van der Waals surface area contributed by atoms with Crippen LogP contribution >= 0.6 is 0 Å². The normalized spacial score (nSPS) is 41.0. The summed E-state index contributed by atoms with van der Waals surface area (Å²) in [5.41, 5.74) is 0. The summed E-state index contributed by atoms with van der Waals surface area (Å²) in [6.45, 7) is 0. The lowest BCUT2D eigenvalue weighted by Gasteiger charge is -2.17. The van der Waals surface area contributed by atoms with E-state index in [1.165, 1.54) is 19.3 Å². The predicted octanol–water partition coefficient (Wildman–Crippen LogP) is 1.86. The average Bonchev–Trinajstić information content (AvgIpc) is 3.30. The number of aromatic nitrogens is 4. The predicted molar refractivity (Wildman–Crippen MR) is 72.4 cm³/mol. The lowest BCUT2D eigenvalue weighted by Crippen LogP contribution is -2.20. The zero-order valence-corrected chi connectivity index (χ0v) is 11.9. The number of carbonyl (C=O) groups is 1. The highest BCUT2D eigenvalue weighted by atomic mass is 16.4. The van der Waals surface area contributed by atoms with Crippen LogP contribution in [0.1, 0.15) is 56.3 Å². The van der Waals surface area contributed by atoms with E-state index in [0.29, 0.717) is 11.8 Å². The molecule has 4 fully saturated rings. The van der Waals surface area contributed by atoms with Crippen LogP contribution in [0, 0.1) is 29.6 Å². The Bertz CT molecular complexity index is 580. The fourth-order valence-corrected chi connectivity index (χ4v) is 5.44. The molecule has 5 unspecified atom stereocenters. The minimum absolute atomic E-state index is 0.0357. The van der Waals surface area contributed by atoms with E-state index < -0.39 is 5.97 Å². The van der Waals surface area contributed by atoms with Gasteiger partial charge in [0, 0.05) is 5.92 Å². The molecule has 112 valence electrons. The molecule has 0 aromatic carbocycles. The Balaban J connectivity index is 1.44. The van der Waals surface area contributed by atoms with Gasteiger partial charge in [0.1, 0.15) is 0 Å². The van der Waals surface area contributed by atoms with E-state index in [4.69, 9.17) is 0 Å². The lowest BCUT2D eigenvalue weighted by molar-refractivity contribution is -0.138. The van der Waals surface area contributed by atoms with Gasteiger partial charge >= 0.3 is 5.97 Å². The second-order valence-corrected chi connectivity index (χ2v) is 7.50. The fraction of sp³-hybridized carbons (Fsp3) is 0.867. The highest BCUT2D eigenvalue weighted by Crippen LogP contribution is 2.72. The number of fused-ring (bicyclic) bond motifs is 5. The van der Waals surface area contributed by atoms with E-state index >= 15 is 0 Å². The molecule has 4 saturated carbocycles. The van der Waals surface area contributed by atoms with Crippen LogP contribution < -0.4 is 0 Å². The monoisotopic (exact) mass is 288 g/mol. The largest absolute Gasteiger partial charge is 0.481 e. The molecule has 1 aromatic heterocycles. The number of carboxylic acid groups (broad SMARTS) is 1. The van der Waals surface area contributed by atoms with Gasteiger partial charge < -0.3 is 5.11 Å². The van der Waals surface area contributed by atoms with Crippen LogP contribution in [0.3, 0.4) is 0 Å². The molecule has 5 rings (SSSR count). The van der Waals surface area contributed by atoms with Crippen molar-refractivity contribution < 1.29 is 9.90 Å². The van der Waals surface area contributed by atoms with Gasteiger partial charge in [-0.25, -0.2) is 4.68 Å². The maximum Gasteiger partial charge on any atom is 0.305 e. The first-order valence-electron chi connectivity index (χ1n) is 8.23. The molecule has 1 heterocycles. The van der Waals surface area contributed by atoms with Crippen molar-refractivity contribution in [2.75, 3.05) is 0 Å². The molecule has 4 aliphatic carbocycles. The van der Waals surface area contributed by atoms with Gasteiger partial charge in [-0.2, -0.15) is 0 Å². The van der Waals surface area contributed by atoms with E-state index in [2.05, 4.69) is 15.5 Å². The SMILES string of the molecule is O=C(O)CC(C1CC1)n1nnnc1C1C2C3CCC(C3)C12. The maximum absolute atomic E-state index is 11.2. The van der Waals surface area contributed by atoms with Crippen molar-refractivity contribution in [3.63, 3.8) is 0 Å². The van der Waals surface area contributed by atoms with Crippen LogP contribution in [0.15, 0.2) is 0 Å². The van der Waals surface area contributed by atoms with Crippen molar-refractivity contribution in [1.29, 1.82) is 0 Å². The molecule has 6 nitrogen and oxygen atoms in total. The van der Waals surface area contributed by atoms with Gasteiger partial charge in [0.15, 0.2) is 5.82 Å². The van der Waals surface area contributed by atoms with Crippen LogP contribution in [0.25, 0.3) is 0 Å². The van der Waals surface area contributed by atoms with Gasteiger partial charge in [-0.3, -0.25) is 4.79 Å². The van der Waals surface area contributed by atoms with Crippen molar-refractivity contribution in [3.05, 3.63) is 5.82 Å². The number of carboxylic acids is 1. The molecule has 4 aliphatic rings. The van der Waals surface area contributed by atoms with Crippen molar-refractivity contribution in [3.8, 4) is 0 Å². The standard InChI is InChI=1S/C15H20N4O2/c20-11(21)6-10(7-1-2-7)19-15(16-17-18-19)14-12-8-3-4-9(5-8)13(12)14/h7-10,12-14H,1-6H2,(H,20,21). The first kappa shape index (κ1) is 12.1. The third-order valence-corrected chi connectivity index (χ3v) is 6.42. The number of hydrogen-bond acceptors (Lipinski definition) is 4. The van der Waals surface area contributed by atoms with Crippen LogP contribution in [-0.2, 0) is 4.79 Å². The molecular formula is C15H20N4O2. The molecule has 6 heteroatoms. The Kier molecular flexibility index (Phi) is 2.34. The Morgan fingerprint density at radius 3 is 2.57 bits per heavy atom. The molecule has 5 atom stereocenters. The van der Waals surface area contributed by atoms with Crippen LogP contribution in [0.4, 0.5) is 0 Å². The quantitative estimate of drug-likeness (QED) is 0.894. The third kappa shape index (κ3) is 1.71. The molecule has 0 spiro atoms. The molecule has 0 radical (unpaired) electrons. The molecule has 0 saturated heterocycles. The summed E-state index contributed by atoms with van der Waals surface area (Å²) in [6.07, 6.45) is 6.54. The minimum Gasteiger partial charge on any atom is -0.481 e. The molecular weight excluding hydrogens is 268 g/mol. The van der Waals surface area contributed by atoms with E-state index in [-0.39, 0.29) is 12.5 Å². The van der Waals surface area contributed by atoms with Crippen LogP contribution in [0.2, 0.25) is 0 Å². The van der Waals surface area contributed by atoms with Crippen LogP contribution in [-0.4, -0.2) is 31.3 Å². The molecule has 21 heavy (non-hydrogen) atoms. The fourth-order valence-electron chi connectivity index (χ4n) is 5.44. The number of nitrogens with zero attached hydrogens (tertiary/aromatic N) is 4. The van der Waals surface area contributed by atoms with Crippen LogP contribution in [0.5, 0.6) is 0 Å². The minimum atomic E-state index is -0.746. The summed E-state index contributed by atoms with van der Waals surface area (Å²) in [6, 6.07) is -0.0357. The number of tetrazole rings is 1. The number of aliphatic carboxylic acids is 1. The Hall–Kier alpha value is -1.46. The van der Waals surface area contributed by atoms with Crippen molar-refractivity contribution in [1.82, 2.24) is 20.2 Å². The summed E-state index contributed by atoms with van der Waals surface area (Å²) in [5, 5.41) is 21.6. The van der Waals surface area contributed by atoms with Crippen molar-refractivity contribution >= 4 is 5.97 Å². The van der Waals surface area contributed by atoms with Gasteiger partial charge in [-0.05, 0) is 72.1 Å². The van der Waals surface area contributed by atoms with E-state index in [1.54, 1.807) is 0 Å². The van der Waals surface area contributed by atoms with Gasteiger partial charge in [-0.1, -0.05) is 0 Å². The Labute approximate surface area is 122 Å². The smallest absolute Gasteiger partial charge is 0.305 e. The van der Waals surface area contributed by atoms with Gasteiger partial charge in [0.25, 0.3) is 0 Å². The van der Waals surface area contributed by atoms with E-state index in [1.807, 2.05) is 4.68 Å². The summed E-state index contributed by atoms with van der Waals surface area (Å²) >= 11 is 0. The highest BCUT2D eigenvalue weighted by molar-refractivity contribution is 5.67. The summed E-state index contributed by atoms with van der Waals surface area (Å²) in [4.78, 5) is 11.2. The highest BCUT2D eigenvalue weighted by Gasteiger charge is 2.67. The average molecular weight is 288 g/mol. The topological polar surface area (TPSA) is 80.9 Å². The number of rotatable bonds is 5. The summed E-state index contributed by atoms with van der Waals surface area (Å²) in [7, 11) is 0. The second kappa shape index (κ2) is 4.05. The molecule has 1 N–H and O–H groups in total. The van der Waals surface area contributed by atoms with Gasteiger partial charge in [0.2, 0.25) is 0 Å². The van der Waals surface area contributed by atoms with E-state index in [9.17, 15) is 9.90 Å². The summed E-state index contributed by atoms with van der Waals surface area (Å²) < 4.78 is 1.88. The van der Waals surface area contributed by atoms with Crippen molar-refractivity contribution in [2.24, 2.45) is 29.6 Å². The number of hydrogen-bond donors (Lipinski definition) is 1. The Morgan fingerprint density at radius 2 is 1.95 bits per heavy atom. The maximum atomic E-state index is 11.2. The zero-order valence-electron chi connectivity index (χ0n) is 11.9. The van der Waals surface area contributed by atoms with E-state index in [0.717, 1.165) is 42.3 Å². The Morgan fingerprint density at radius 1 is 1.24 bits per heavy atom. The third-order valence-electron chi connectivity index (χ3n) is 6.42. The molecule has 1 aromatic rings. The second-order valence-electron chi connectivity index (χ2n) is 7.50. The van der Waals surface area contributed by atoms with Gasteiger partial charge in [0.05, 0.1) is 12.5 Å².